The molecule has 1 aliphatic rings. The van der Waals surface area contributed by atoms with Gasteiger partial charge in [-0.15, -0.1) is 0 Å². The highest BCUT2D eigenvalue weighted by Crippen LogP contribution is 2.27. The maximum absolute atomic E-state index is 13.0. The summed E-state index contributed by atoms with van der Waals surface area (Å²) in [6.07, 6.45) is 7.14. The largest absolute Gasteiger partial charge is 0.490 e. The van der Waals surface area contributed by atoms with Gasteiger partial charge in [0.1, 0.15) is 23.1 Å². The number of nitrogens with one attached hydrogen (secondary N) is 1. The van der Waals surface area contributed by atoms with Crippen LogP contribution in [0.4, 0.5) is 16.4 Å². The fraction of sp³-hybridized carbons (Fsp3) is 0.240. The Hall–Kier alpha value is -4.25. The third-order valence-corrected chi connectivity index (χ3v) is 4.89. The maximum Gasteiger partial charge on any atom is 0.328 e. The van der Waals surface area contributed by atoms with E-state index < -0.39 is 0 Å². The highest BCUT2D eigenvalue weighted by molar-refractivity contribution is 6.01. The van der Waals surface area contributed by atoms with E-state index in [4.69, 9.17) is 4.74 Å². The van der Waals surface area contributed by atoms with Crippen molar-refractivity contribution < 1.29 is 14.3 Å². The minimum Gasteiger partial charge on any atom is -0.490 e. The molecule has 3 aromatic rings. The molecular weight excluding hydrogens is 418 g/mol. The molecule has 33 heavy (non-hydrogen) atoms. The number of amides is 2. The summed E-state index contributed by atoms with van der Waals surface area (Å²) in [5, 5.41) is 2.81. The summed E-state index contributed by atoms with van der Waals surface area (Å²) in [6.45, 7) is 4.33. The number of anilines is 2. The van der Waals surface area contributed by atoms with Crippen LogP contribution in [0.2, 0.25) is 0 Å². The molecule has 0 aliphatic carbocycles. The fourth-order valence-electron chi connectivity index (χ4n) is 3.42. The first-order valence-electron chi connectivity index (χ1n) is 10.7. The molecule has 4 heterocycles. The monoisotopic (exact) mass is 441 g/mol. The van der Waals surface area contributed by atoms with Gasteiger partial charge in [-0.3, -0.25) is 20.0 Å². The molecule has 3 aromatic heterocycles. The Balaban J connectivity index is 1.58. The van der Waals surface area contributed by atoms with E-state index in [9.17, 15) is 9.59 Å². The minimum absolute atomic E-state index is 0.0881. The quantitative estimate of drug-likeness (QED) is 0.488. The summed E-state index contributed by atoms with van der Waals surface area (Å²) in [5.74, 6) is 7.46. The molecule has 166 valence electrons. The van der Waals surface area contributed by atoms with Crippen molar-refractivity contribution in [2.24, 2.45) is 0 Å². The van der Waals surface area contributed by atoms with Crippen LogP contribution in [0, 0.1) is 11.8 Å². The van der Waals surface area contributed by atoms with Gasteiger partial charge in [0.05, 0.1) is 11.7 Å². The molecule has 0 aromatic carbocycles. The van der Waals surface area contributed by atoms with E-state index in [1.807, 2.05) is 32.0 Å². The van der Waals surface area contributed by atoms with E-state index >= 15 is 0 Å². The molecule has 8 heteroatoms. The van der Waals surface area contributed by atoms with Crippen LogP contribution < -0.4 is 15.0 Å². The molecule has 2 amide bonds. The van der Waals surface area contributed by atoms with Gasteiger partial charge in [-0.25, -0.2) is 14.8 Å². The van der Waals surface area contributed by atoms with E-state index in [0.717, 1.165) is 24.0 Å². The highest BCUT2D eigenvalue weighted by atomic mass is 16.5. The molecule has 0 spiro atoms. The number of aromatic nitrogens is 3. The zero-order chi connectivity index (χ0) is 23.2. The lowest BCUT2D eigenvalue weighted by atomic mass is 10.1. The van der Waals surface area contributed by atoms with Crippen LogP contribution in [0.5, 0.6) is 5.75 Å². The Bertz CT molecular complexity index is 1230. The molecule has 0 bridgehead atoms. The van der Waals surface area contributed by atoms with Gasteiger partial charge in [0.15, 0.2) is 6.29 Å². The van der Waals surface area contributed by atoms with Gasteiger partial charge in [0, 0.05) is 36.8 Å². The van der Waals surface area contributed by atoms with E-state index in [0.29, 0.717) is 35.8 Å². The standard InChI is InChI=1S/C25H23N5O3/c1-17(2)33-22-13-23(27-15-20(22)8-7-18-5-3-11-26-14-18)29-25(32)30-12-4-6-19-9-10-21(16-31)28-24(19)30/h3,5,9-11,13-17H,4,6,12H2,1-2H3,(H,27,29,32). The summed E-state index contributed by atoms with van der Waals surface area (Å²) in [5.41, 5.74) is 2.60. The van der Waals surface area contributed by atoms with Crippen LogP contribution in [0.15, 0.2) is 48.9 Å². The van der Waals surface area contributed by atoms with E-state index in [1.54, 1.807) is 30.7 Å². The number of aryl methyl sites for hydroxylation is 1. The summed E-state index contributed by atoms with van der Waals surface area (Å²) >= 11 is 0. The first-order chi connectivity index (χ1) is 16.0. The Morgan fingerprint density at radius 3 is 2.88 bits per heavy atom. The highest BCUT2D eigenvalue weighted by Gasteiger charge is 2.25. The molecule has 4 rings (SSSR count). The number of hydrogen-bond donors (Lipinski definition) is 1. The zero-order valence-corrected chi connectivity index (χ0v) is 18.4. The number of carbonyl (C=O) groups excluding carboxylic acids is 2. The normalized spacial score (nSPS) is 12.4. The summed E-state index contributed by atoms with van der Waals surface area (Å²) in [7, 11) is 0. The van der Waals surface area contributed by atoms with Crippen molar-refractivity contribution >= 4 is 24.0 Å². The smallest absolute Gasteiger partial charge is 0.328 e. The topological polar surface area (TPSA) is 97.3 Å². The second-order valence-electron chi connectivity index (χ2n) is 7.75. The third-order valence-electron chi connectivity index (χ3n) is 4.89. The number of urea groups is 1. The molecule has 0 atom stereocenters. The van der Waals surface area contributed by atoms with Crippen molar-refractivity contribution in [2.45, 2.75) is 32.8 Å². The molecule has 1 N–H and O–H groups in total. The number of aldehydes is 1. The van der Waals surface area contributed by atoms with Crippen LogP contribution in [-0.2, 0) is 6.42 Å². The van der Waals surface area contributed by atoms with Crippen LogP contribution in [-0.4, -0.2) is 39.9 Å². The number of rotatable bonds is 4. The second kappa shape index (κ2) is 9.92. The Kier molecular flexibility index (Phi) is 6.60. The molecule has 0 unspecified atom stereocenters. The molecule has 1 aliphatic heterocycles. The molecule has 0 radical (unpaired) electrons. The lowest BCUT2D eigenvalue weighted by Gasteiger charge is -2.28. The molecule has 0 saturated carbocycles. The van der Waals surface area contributed by atoms with Crippen molar-refractivity contribution in [3.8, 4) is 17.6 Å². The van der Waals surface area contributed by atoms with Crippen LogP contribution in [0.1, 0.15) is 47.4 Å². The zero-order valence-electron chi connectivity index (χ0n) is 18.4. The van der Waals surface area contributed by atoms with Crippen molar-refractivity contribution in [3.05, 3.63) is 71.3 Å². The van der Waals surface area contributed by atoms with Gasteiger partial charge < -0.3 is 4.74 Å². The van der Waals surface area contributed by atoms with Gasteiger partial charge in [-0.2, -0.15) is 0 Å². The summed E-state index contributed by atoms with van der Waals surface area (Å²) in [4.78, 5) is 38.4. The average molecular weight is 441 g/mol. The fourth-order valence-corrected chi connectivity index (χ4v) is 3.42. The number of pyridine rings is 3. The van der Waals surface area contributed by atoms with Crippen molar-refractivity contribution in [2.75, 3.05) is 16.8 Å². The molecular formula is C25H23N5O3. The molecule has 0 fully saturated rings. The van der Waals surface area contributed by atoms with Gasteiger partial charge >= 0.3 is 6.03 Å². The van der Waals surface area contributed by atoms with Gasteiger partial charge in [0.25, 0.3) is 0 Å². The van der Waals surface area contributed by atoms with E-state index in [-0.39, 0.29) is 17.8 Å². The summed E-state index contributed by atoms with van der Waals surface area (Å²) < 4.78 is 5.91. The Morgan fingerprint density at radius 1 is 1.24 bits per heavy atom. The first kappa shape index (κ1) is 22.0. The summed E-state index contributed by atoms with van der Waals surface area (Å²) in [6, 6.07) is 8.47. The van der Waals surface area contributed by atoms with E-state index in [2.05, 4.69) is 32.1 Å². The second-order valence-corrected chi connectivity index (χ2v) is 7.75. The predicted octanol–water partition coefficient (Wildman–Crippen LogP) is 3.86. The molecule has 8 nitrogen and oxygen atoms in total. The van der Waals surface area contributed by atoms with Crippen LogP contribution >= 0.6 is 0 Å². The lowest BCUT2D eigenvalue weighted by molar-refractivity contribution is 0.111. The van der Waals surface area contributed by atoms with Crippen molar-refractivity contribution in [1.82, 2.24) is 15.0 Å². The van der Waals surface area contributed by atoms with Gasteiger partial charge in [-0.05, 0) is 50.5 Å². The maximum atomic E-state index is 13.0. The minimum atomic E-state index is -0.372. The van der Waals surface area contributed by atoms with Crippen LogP contribution in [0.25, 0.3) is 0 Å². The Labute approximate surface area is 192 Å². The lowest BCUT2D eigenvalue weighted by Crippen LogP contribution is -2.39. The van der Waals surface area contributed by atoms with Gasteiger partial charge in [-0.1, -0.05) is 17.9 Å². The number of ether oxygens (including phenoxy) is 1. The van der Waals surface area contributed by atoms with E-state index in [1.165, 1.54) is 4.90 Å². The third kappa shape index (κ3) is 5.33. The average Bonchev–Trinajstić information content (AvgIpc) is 2.83. The first-order valence-corrected chi connectivity index (χ1v) is 10.7. The predicted molar refractivity (Wildman–Crippen MR) is 125 cm³/mol. The SMILES string of the molecule is CC(C)Oc1cc(NC(=O)N2CCCc3ccc(C=O)nc32)ncc1C#Cc1cccnc1. The number of nitrogens with zero attached hydrogens (tertiary/aromatic N) is 4. The van der Waals surface area contributed by atoms with Gasteiger partial charge in [0.2, 0.25) is 0 Å². The number of carbonyl (C=O) groups is 2. The molecule has 0 saturated heterocycles. The Morgan fingerprint density at radius 2 is 2.12 bits per heavy atom. The van der Waals surface area contributed by atoms with Crippen molar-refractivity contribution in [1.29, 1.82) is 0 Å². The van der Waals surface area contributed by atoms with Crippen LogP contribution in [0.3, 0.4) is 0 Å². The van der Waals surface area contributed by atoms with Crippen molar-refractivity contribution in [3.63, 3.8) is 0 Å². The number of hydrogen-bond acceptors (Lipinski definition) is 6. The number of fused-ring (bicyclic) bond motifs is 1.